The van der Waals surface area contributed by atoms with Crippen LogP contribution in [-0.4, -0.2) is 55.8 Å². The monoisotopic (exact) mass is 372 g/mol. The molecule has 2 atom stereocenters. The lowest BCUT2D eigenvalue weighted by Gasteiger charge is -2.37. The van der Waals surface area contributed by atoms with E-state index in [2.05, 4.69) is 20.6 Å². The number of piperidine rings is 1. The first-order chi connectivity index (χ1) is 13.0. The Labute approximate surface area is 157 Å². The smallest absolute Gasteiger partial charge is 0.274 e. The van der Waals surface area contributed by atoms with Gasteiger partial charge in [0.15, 0.2) is 5.82 Å². The molecule has 4 rings (SSSR count). The molecule has 1 saturated heterocycles. The normalized spacial score (nSPS) is 22.7. The van der Waals surface area contributed by atoms with Crippen LogP contribution in [0.2, 0.25) is 0 Å². The Hall–Kier alpha value is -2.71. The number of nitrogens with one attached hydrogen (secondary N) is 1. The first-order valence-electron chi connectivity index (χ1n) is 9.48. The molecule has 0 bridgehead atoms. The van der Waals surface area contributed by atoms with E-state index < -0.39 is 0 Å². The molecule has 0 radical (unpaired) electrons. The van der Waals surface area contributed by atoms with Crippen LogP contribution in [0.4, 0.5) is 0 Å². The molecule has 1 aliphatic heterocycles. The summed E-state index contributed by atoms with van der Waals surface area (Å²) in [6, 6.07) is 1.49. The molecule has 0 aromatic carbocycles. The number of aromatic nitrogens is 4. The van der Waals surface area contributed by atoms with Crippen molar-refractivity contribution in [3.63, 3.8) is 0 Å². The summed E-state index contributed by atoms with van der Waals surface area (Å²) in [5, 5.41) is 11.3. The highest BCUT2D eigenvalue weighted by Gasteiger charge is 2.39. The molecule has 1 saturated carbocycles. The highest BCUT2D eigenvalue weighted by Crippen LogP contribution is 2.32. The summed E-state index contributed by atoms with van der Waals surface area (Å²) >= 11 is 0. The van der Waals surface area contributed by atoms with Crippen molar-refractivity contribution < 1.29 is 14.1 Å². The third-order valence-corrected chi connectivity index (χ3v) is 5.22. The minimum atomic E-state index is -0.246. The molecular weight excluding hydrogens is 348 g/mol. The zero-order valence-electron chi connectivity index (χ0n) is 15.6. The number of aryl methyl sites for hydroxylation is 2. The fourth-order valence-electron chi connectivity index (χ4n) is 3.50. The number of likely N-dealkylation sites (tertiary alicyclic amines) is 1. The van der Waals surface area contributed by atoms with Gasteiger partial charge in [0.2, 0.25) is 11.8 Å². The lowest BCUT2D eigenvalue weighted by Crippen LogP contribution is -2.53. The van der Waals surface area contributed by atoms with Crippen LogP contribution in [0.25, 0.3) is 0 Å². The molecule has 2 amide bonds. The van der Waals surface area contributed by atoms with Gasteiger partial charge in [0.25, 0.3) is 5.91 Å². The average molecular weight is 372 g/mol. The van der Waals surface area contributed by atoms with Gasteiger partial charge in [0.05, 0.1) is 12.0 Å². The molecule has 144 valence electrons. The Morgan fingerprint density at radius 2 is 2.15 bits per heavy atom. The Bertz CT molecular complexity index is 840. The molecule has 3 heterocycles. The van der Waals surface area contributed by atoms with Crippen LogP contribution in [0.3, 0.4) is 0 Å². The van der Waals surface area contributed by atoms with E-state index in [0.29, 0.717) is 43.5 Å². The highest BCUT2D eigenvalue weighted by atomic mass is 16.5. The van der Waals surface area contributed by atoms with Gasteiger partial charge in [-0.1, -0.05) is 5.16 Å². The maximum Gasteiger partial charge on any atom is 0.274 e. The molecule has 2 aromatic heterocycles. The summed E-state index contributed by atoms with van der Waals surface area (Å²) in [6.07, 6.45) is 4.31. The number of hydrogen-bond donors (Lipinski definition) is 1. The number of carbonyl (C=O) groups excluding carboxylic acids is 2. The molecule has 27 heavy (non-hydrogen) atoms. The number of amides is 2. The van der Waals surface area contributed by atoms with Gasteiger partial charge in [0.1, 0.15) is 5.69 Å². The zero-order valence-corrected chi connectivity index (χ0v) is 15.6. The summed E-state index contributed by atoms with van der Waals surface area (Å²) in [4.78, 5) is 31.3. The summed E-state index contributed by atoms with van der Waals surface area (Å²) in [7, 11) is 0. The van der Waals surface area contributed by atoms with E-state index in [1.54, 1.807) is 28.8 Å². The van der Waals surface area contributed by atoms with Crippen molar-refractivity contribution in [3.8, 4) is 0 Å². The van der Waals surface area contributed by atoms with Crippen LogP contribution in [-0.2, 0) is 11.3 Å². The third-order valence-electron chi connectivity index (χ3n) is 5.22. The molecule has 1 aliphatic carbocycles. The van der Waals surface area contributed by atoms with E-state index in [1.807, 2.05) is 6.92 Å². The van der Waals surface area contributed by atoms with Crippen molar-refractivity contribution in [2.24, 2.45) is 5.92 Å². The van der Waals surface area contributed by atoms with Gasteiger partial charge in [-0.2, -0.15) is 10.1 Å². The van der Waals surface area contributed by atoms with Crippen molar-refractivity contribution in [3.05, 3.63) is 29.7 Å². The number of rotatable bonds is 5. The van der Waals surface area contributed by atoms with Crippen LogP contribution in [0.5, 0.6) is 0 Å². The van der Waals surface area contributed by atoms with Gasteiger partial charge in [-0.25, -0.2) is 0 Å². The fraction of sp³-hybridized carbons (Fsp3) is 0.611. The van der Waals surface area contributed by atoms with Gasteiger partial charge in [-0.15, -0.1) is 0 Å². The molecule has 0 spiro atoms. The summed E-state index contributed by atoms with van der Waals surface area (Å²) in [5.74, 6) is 1.03. The fourth-order valence-corrected chi connectivity index (χ4v) is 3.50. The Balaban J connectivity index is 1.51. The van der Waals surface area contributed by atoms with Crippen molar-refractivity contribution in [2.75, 3.05) is 13.1 Å². The van der Waals surface area contributed by atoms with Crippen molar-refractivity contribution in [2.45, 2.75) is 51.6 Å². The molecule has 9 nitrogen and oxygen atoms in total. The predicted octanol–water partition coefficient (Wildman–Crippen LogP) is 1.12. The van der Waals surface area contributed by atoms with Crippen LogP contribution >= 0.6 is 0 Å². The second kappa shape index (κ2) is 7.13. The standard InChI is InChI=1S/C18H24N6O3/c1-3-24-9-7-14(21-24)18(26)23-8-6-13(17-19-11(2)22-27-17)15(10-23)20-16(25)12-4-5-12/h7,9,12-13,15H,3-6,8,10H2,1-2H3,(H,20,25)/t13-,15+/m0/s1. The topological polar surface area (TPSA) is 106 Å². The summed E-state index contributed by atoms with van der Waals surface area (Å²) in [6.45, 7) is 5.42. The first kappa shape index (κ1) is 17.7. The SMILES string of the molecule is CCn1ccc(C(=O)N2CC[C@H](c3nc(C)no3)[C@H](NC(=O)C3CC3)C2)n1. The van der Waals surface area contributed by atoms with Gasteiger partial charge in [-0.05, 0) is 39.2 Å². The predicted molar refractivity (Wildman–Crippen MR) is 94.9 cm³/mol. The second-order valence-corrected chi connectivity index (χ2v) is 7.27. The highest BCUT2D eigenvalue weighted by molar-refractivity contribution is 5.92. The summed E-state index contributed by atoms with van der Waals surface area (Å²) < 4.78 is 7.09. The van der Waals surface area contributed by atoms with Crippen molar-refractivity contribution in [1.29, 1.82) is 0 Å². The molecule has 2 aromatic rings. The largest absolute Gasteiger partial charge is 0.351 e. The van der Waals surface area contributed by atoms with Crippen LogP contribution in [0.1, 0.15) is 54.3 Å². The van der Waals surface area contributed by atoms with Crippen molar-refractivity contribution >= 4 is 11.8 Å². The average Bonchev–Trinajstić information content (AvgIpc) is 3.26. The minimum absolute atomic E-state index is 0.0470. The maximum atomic E-state index is 12.8. The lowest BCUT2D eigenvalue weighted by atomic mass is 9.90. The molecule has 2 aliphatic rings. The quantitative estimate of drug-likeness (QED) is 0.843. The van der Waals surface area contributed by atoms with E-state index in [-0.39, 0.29) is 29.7 Å². The molecule has 1 N–H and O–H groups in total. The third kappa shape index (κ3) is 3.72. The summed E-state index contributed by atoms with van der Waals surface area (Å²) in [5.41, 5.74) is 0.427. The van der Waals surface area contributed by atoms with E-state index in [1.165, 1.54) is 0 Å². The van der Waals surface area contributed by atoms with E-state index in [4.69, 9.17) is 4.52 Å². The zero-order chi connectivity index (χ0) is 19.0. The van der Waals surface area contributed by atoms with Crippen LogP contribution in [0, 0.1) is 12.8 Å². The molecule has 0 unspecified atom stereocenters. The molecule has 2 fully saturated rings. The minimum Gasteiger partial charge on any atom is -0.351 e. The number of carbonyl (C=O) groups is 2. The van der Waals surface area contributed by atoms with Gasteiger partial charge < -0.3 is 14.7 Å². The van der Waals surface area contributed by atoms with Crippen LogP contribution in [0.15, 0.2) is 16.8 Å². The van der Waals surface area contributed by atoms with Crippen molar-refractivity contribution in [1.82, 2.24) is 30.1 Å². The van der Waals surface area contributed by atoms with Gasteiger partial charge in [-0.3, -0.25) is 14.3 Å². The van der Waals surface area contributed by atoms with E-state index in [9.17, 15) is 9.59 Å². The van der Waals surface area contributed by atoms with Crippen LogP contribution < -0.4 is 5.32 Å². The number of nitrogens with zero attached hydrogens (tertiary/aromatic N) is 5. The Kier molecular flexibility index (Phi) is 4.67. The lowest BCUT2D eigenvalue weighted by molar-refractivity contribution is -0.123. The first-order valence-corrected chi connectivity index (χ1v) is 9.48. The Morgan fingerprint density at radius 3 is 2.78 bits per heavy atom. The second-order valence-electron chi connectivity index (χ2n) is 7.27. The maximum absolute atomic E-state index is 12.8. The Morgan fingerprint density at radius 1 is 1.33 bits per heavy atom. The van der Waals surface area contributed by atoms with E-state index in [0.717, 1.165) is 12.8 Å². The molecular formula is C18H24N6O3. The molecule has 9 heteroatoms. The van der Waals surface area contributed by atoms with E-state index >= 15 is 0 Å². The number of hydrogen-bond acceptors (Lipinski definition) is 6. The van der Waals surface area contributed by atoms with Gasteiger partial charge >= 0.3 is 0 Å². The van der Waals surface area contributed by atoms with Gasteiger partial charge in [0, 0.05) is 31.7 Å².